The van der Waals surface area contributed by atoms with Gasteiger partial charge in [0.05, 0.1) is 5.56 Å². The van der Waals surface area contributed by atoms with Crippen molar-refractivity contribution in [3.8, 4) is 0 Å². The summed E-state index contributed by atoms with van der Waals surface area (Å²) in [6.45, 7) is 0.185. The number of benzene rings is 2. The summed E-state index contributed by atoms with van der Waals surface area (Å²) < 4.78 is 85.2. The molecule has 1 aliphatic rings. The van der Waals surface area contributed by atoms with Crippen LogP contribution >= 0.6 is 20.0 Å². The van der Waals surface area contributed by atoms with Gasteiger partial charge in [0.25, 0.3) is 0 Å². The molecular formula is C26H32F5NO3PS+. The molecule has 1 saturated carbocycles. The average Bonchev–Trinajstić information content (AvgIpc) is 3.31. The van der Waals surface area contributed by atoms with E-state index >= 15 is 0 Å². The van der Waals surface area contributed by atoms with E-state index in [0.717, 1.165) is 68.0 Å². The summed E-state index contributed by atoms with van der Waals surface area (Å²) in [4.78, 5) is 8.42. The summed E-state index contributed by atoms with van der Waals surface area (Å²) in [5.41, 5.74) is -0.439. The molecule has 1 atom stereocenters. The summed E-state index contributed by atoms with van der Waals surface area (Å²) in [6, 6.07) is 8.63. The molecule has 0 bridgehead atoms. The lowest BCUT2D eigenvalue weighted by Crippen LogP contribution is -2.23. The third-order valence-corrected chi connectivity index (χ3v) is 8.33. The van der Waals surface area contributed by atoms with Crippen molar-refractivity contribution in [3.63, 3.8) is 0 Å². The van der Waals surface area contributed by atoms with Gasteiger partial charge in [0.15, 0.2) is 0 Å². The maximum atomic E-state index is 14.6. The van der Waals surface area contributed by atoms with Crippen molar-refractivity contribution in [2.24, 2.45) is 0 Å². The monoisotopic (exact) mass is 564 g/mol. The van der Waals surface area contributed by atoms with E-state index < -0.39 is 25.8 Å². The van der Waals surface area contributed by atoms with Gasteiger partial charge in [-0.3, -0.25) is 0 Å². The van der Waals surface area contributed by atoms with Gasteiger partial charge in [-0.05, 0) is 73.6 Å². The van der Waals surface area contributed by atoms with E-state index in [-0.39, 0.29) is 41.4 Å². The number of halogens is 5. The van der Waals surface area contributed by atoms with Crippen molar-refractivity contribution < 1.29 is 35.9 Å². The molecule has 0 aromatic heterocycles. The number of unbranched alkanes of at least 4 members (excludes halogenated alkanes) is 1. The van der Waals surface area contributed by atoms with Crippen LogP contribution in [0.4, 0.5) is 22.0 Å². The van der Waals surface area contributed by atoms with Crippen molar-refractivity contribution in [3.05, 3.63) is 64.7 Å². The Hall–Kier alpha value is -1.58. The van der Waals surface area contributed by atoms with Gasteiger partial charge in [-0.1, -0.05) is 37.5 Å². The molecule has 0 amide bonds. The minimum atomic E-state index is -4.62. The van der Waals surface area contributed by atoms with Crippen LogP contribution in [0.2, 0.25) is 0 Å². The van der Waals surface area contributed by atoms with Gasteiger partial charge in [0.1, 0.15) is 18.2 Å². The standard InChI is InChI=1S/C26H31F5NO3PS/c27-22-9-2-1-8-20(22)25(10-3-4-11-25)12-5-6-15-37-24-17-23(28)19(16-21(24)26(29,30)31)18-32-13-7-14-35-36(33)34/h1-2,8-9,16-17,32H,3-7,10-15,18H2/p+1. The molecule has 0 radical (unpaired) electrons. The molecule has 2 aromatic carbocycles. The predicted octanol–water partition coefficient (Wildman–Crippen LogP) is 7.90. The smallest absolute Gasteiger partial charge is 0.312 e. The fourth-order valence-electron chi connectivity index (χ4n) is 4.98. The Labute approximate surface area is 219 Å². The Kier molecular flexibility index (Phi) is 11.3. The molecule has 1 fully saturated rings. The van der Waals surface area contributed by atoms with Crippen molar-refractivity contribution in [2.75, 3.05) is 18.9 Å². The highest BCUT2D eigenvalue weighted by Crippen LogP contribution is 2.46. The third-order valence-electron chi connectivity index (χ3n) is 6.78. The highest BCUT2D eigenvalue weighted by atomic mass is 32.2. The van der Waals surface area contributed by atoms with Gasteiger partial charge in [-0.2, -0.15) is 13.2 Å². The van der Waals surface area contributed by atoms with Crippen LogP contribution in [0.15, 0.2) is 41.3 Å². The summed E-state index contributed by atoms with van der Waals surface area (Å²) in [5, 5.41) is 2.82. The maximum Gasteiger partial charge on any atom is 0.694 e. The van der Waals surface area contributed by atoms with E-state index in [1.54, 1.807) is 6.07 Å². The minimum absolute atomic E-state index is 0.00593. The quantitative estimate of drug-likeness (QED) is 0.106. The number of hydrogen-bond acceptors (Lipinski definition) is 4. The second kappa shape index (κ2) is 14.0. The number of rotatable bonds is 14. The second-order valence-corrected chi connectivity index (χ2v) is 11.2. The lowest BCUT2D eigenvalue weighted by Gasteiger charge is -2.30. The Bertz CT molecular complexity index is 1050. The minimum Gasteiger partial charge on any atom is -0.312 e. The Balaban J connectivity index is 1.55. The highest BCUT2D eigenvalue weighted by Gasteiger charge is 2.37. The Morgan fingerprint density at radius 2 is 1.78 bits per heavy atom. The van der Waals surface area contributed by atoms with Crippen LogP contribution in [0.3, 0.4) is 0 Å². The second-order valence-electron chi connectivity index (χ2n) is 9.31. The molecular weight excluding hydrogens is 532 g/mol. The van der Waals surface area contributed by atoms with Gasteiger partial charge < -0.3 is 5.32 Å². The molecule has 37 heavy (non-hydrogen) atoms. The molecule has 0 spiro atoms. The zero-order chi connectivity index (χ0) is 26.9. The molecule has 1 unspecified atom stereocenters. The molecule has 0 aliphatic heterocycles. The molecule has 11 heteroatoms. The van der Waals surface area contributed by atoms with Crippen molar-refractivity contribution in [1.82, 2.24) is 5.32 Å². The van der Waals surface area contributed by atoms with Crippen LogP contribution in [-0.2, 0) is 27.2 Å². The predicted molar refractivity (Wildman–Crippen MR) is 135 cm³/mol. The molecule has 2 N–H and O–H groups in total. The zero-order valence-electron chi connectivity index (χ0n) is 20.5. The van der Waals surface area contributed by atoms with Crippen molar-refractivity contribution in [2.45, 2.75) is 74.4 Å². The first kappa shape index (κ1) is 30.0. The SMILES string of the molecule is O=[P+](O)OCCCNCc1cc(C(F)(F)F)c(SCCCCC2(c3ccccc3F)CCCC2)cc1F. The zero-order valence-corrected chi connectivity index (χ0v) is 22.2. The number of nitrogens with one attached hydrogen (secondary N) is 1. The van der Waals surface area contributed by atoms with Gasteiger partial charge >= 0.3 is 14.4 Å². The first-order valence-electron chi connectivity index (χ1n) is 12.4. The van der Waals surface area contributed by atoms with E-state index in [1.165, 1.54) is 6.07 Å². The van der Waals surface area contributed by atoms with Gasteiger partial charge in [-0.15, -0.1) is 21.2 Å². The maximum absolute atomic E-state index is 14.6. The number of alkyl halides is 3. The van der Waals surface area contributed by atoms with E-state index in [4.69, 9.17) is 4.89 Å². The molecule has 0 saturated heterocycles. The van der Waals surface area contributed by atoms with Crippen LogP contribution in [-0.4, -0.2) is 23.8 Å². The van der Waals surface area contributed by atoms with Crippen LogP contribution in [0.1, 0.15) is 68.1 Å². The lowest BCUT2D eigenvalue weighted by atomic mass is 9.75. The van der Waals surface area contributed by atoms with Crippen molar-refractivity contribution >= 4 is 20.0 Å². The topological polar surface area (TPSA) is 58.6 Å². The number of thioether (sulfide) groups is 1. The Morgan fingerprint density at radius 1 is 1.05 bits per heavy atom. The van der Waals surface area contributed by atoms with Crippen LogP contribution in [0.25, 0.3) is 0 Å². The van der Waals surface area contributed by atoms with Gasteiger partial charge in [-0.25, -0.2) is 8.78 Å². The average molecular weight is 565 g/mol. The summed E-state index contributed by atoms with van der Waals surface area (Å²) >= 11 is 0.992. The van der Waals surface area contributed by atoms with Gasteiger partial charge in [0.2, 0.25) is 0 Å². The van der Waals surface area contributed by atoms with E-state index in [1.807, 2.05) is 12.1 Å². The van der Waals surface area contributed by atoms with E-state index in [0.29, 0.717) is 18.6 Å². The van der Waals surface area contributed by atoms with E-state index in [2.05, 4.69) is 9.84 Å². The fourth-order valence-corrected chi connectivity index (χ4v) is 6.35. The lowest BCUT2D eigenvalue weighted by molar-refractivity contribution is -0.139. The first-order chi connectivity index (χ1) is 17.6. The summed E-state index contributed by atoms with van der Waals surface area (Å²) in [7, 11) is -2.70. The molecule has 3 rings (SSSR count). The molecule has 1 aliphatic carbocycles. The van der Waals surface area contributed by atoms with Crippen molar-refractivity contribution in [1.29, 1.82) is 0 Å². The van der Waals surface area contributed by atoms with Crippen LogP contribution in [0.5, 0.6) is 0 Å². The normalized spacial score (nSPS) is 15.8. The molecule has 0 heterocycles. The fraction of sp³-hybridized carbons (Fsp3) is 0.538. The highest BCUT2D eigenvalue weighted by molar-refractivity contribution is 7.99. The van der Waals surface area contributed by atoms with Crippen LogP contribution < -0.4 is 5.32 Å². The molecule has 2 aromatic rings. The first-order valence-corrected chi connectivity index (χ1v) is 14.5. The summed E-state index contributed by atoms with van der Waals surface area (Å²) in [6.07, 6.45) is 1.80. The van der Waals surface area contributed by atoms with E-state index in [9.17, 15) is 26.5 Å². The number of hydrogen-bond donors (Lipinski definition) is 2. The molecule has 204 valence electrons. The van der Waals surface area contributed by atoms with Gasteiger partial charge in [0, 0.05) is 21.6 Å². The van der Waals surface area contributed by atoms with Crippen LogP contribution in [0, 0.1) is 11.6 Å². The Morgan fingerprint density at radius 3 is 2.46 bits per heavy atom. The third kappa shape index (κ3) is 8.72. The molecule has 4 nitrogen and oxygen atoms in total. The summed E-state index contributed by atoms with van der Waals surface area (Å²) in [5.74, 6) is -0.517. The largest absolute Gasteiger partial charge is 0.694 e.